The SMILES string of the molecule is COC(=O)C1=C(Nc2ccc(OCc3ccncc3)c(F)c2)C(=O)N(CCO)C1. The van der Waals surface area contributed by atoms with Gasteiger partial charge in [0.25, 0.3) is 5.91 Å². The first kappa shape index (κ1) is 20.3. The molecule has 2 N–H and O–H groups in total. The molecule has 0 unspecified atom stereocenters. The average Bonchev–Trinajstić information content (AvgIpc) is 3.03. The fourth-order valence-corrected chi connectivity index (χ4v) is 2.83. The summed E-state index contributed by atoms with van der Waals surface area (Å²) in [6, 6.07) is 7.67. The number of nitrogens with zero attached hydrogens (tertiary/aromatic N) is 2. The van der Waals surface area contributed by atoms with Gasteiger partial charge >= 0.3 is 5.97 Å². The van der Waals surface area contributed by atoms with Crippen molar-refractivity contribution in [3.05, 3.63) is 65.4 Å². The second-order valence-corrected chi connectivity index (χ2v) is 6.21. The summed E-state index contributed by atoms with van der Waals surface area (Å²) in [4.78, 5) is 29.7. The fraction of sp³-hybridized carbons (Fsp3) is 0.250. The number of aromatic nitrogens is 1. The van der Waals surface area contributed by atoms with Gasteiger partial charge in [0.2, 0.25) is 0 Å². The molecule has 0 aliphatic carbocycles. The van der Waals surface area contributed by atoms with E-state index in [2.05, 4.69) is 10.3 Å². The van der Waals surface area contributed by atoms with E-state index in [1.54, 1.807) is 24.5 Å². The van der Waals surface area contributed by atoms with Gasteiger partial charge in [0.1, 0.15) is 12.3 Å². The van der Waals surface area contributed by atoms with E-state index < -0.39 is 17.7 Å². The van der Waals surface area contributed by atoms with E-state index in [1.807, 2.05) is 0 Å². The molecule has 8 nitrogen and oxygen atoms in total. The molecule has 0 saturated carbocycles. The third-order valence-electron chi connectivity index (χ3n) is 4.30. The van der Waals surface area contributed by atoms with Crippen LogP contribution in [-0.2, 0) is 20.9 Å². The number of nitrogens with one attached hydrogen (secondary N) is 1. The van der Waals surface area contributed by atoms with E-state index in [1.165, 1.54) is 30.2 Å². The lowest BCUT2D eigenvalue weighted by atomic mass is 10.2. The Balaban J connectivity index is 1.75. The summed E-state index contributed by atoms with van der Waals surface area (Å²) in [6.07, 6.45) is 3.24. The largest absolute Gasteiger partial charge is 0.486 e. The molecule has 29 heavy (non-hydrogen) atoms. The summed E-state index contributed by atoms with van der Waals surface area (Å²) in [5.74, 6) is -1.71. The van der Waals surface area contributed by atoms with Gasteiger partial charge in [-0.2, -0.15) is 0 Å². The smallest absolute Gasteiger partial charge is 0.337 e. The van der Waals surface area contributed by atoms with Crippen LogP contribution >= 0.6 is 0 Å². The van der Waals surface area contributed by atoms with Crippen molar-refractivity contribution in [2.45, 2.75) is 6.61 Å². The number of pyridine rings is 1. The van der Waals surface area contributed by atoms with E-state index in [4.69, 9.17) is 14.6 Å². The van der Waals surface area contributed by atoms with Gasteiger partial charge in [0, 0.05) is 30.7 Å². The second kappa shape index (κ2) is 9.16. The molecule has 2 aromatic rings. The maximum Gasteiger partial charge on any atom is 0.337 e. The zero-order chi connectivity index (χ0) is 20.8. The summed E-state index contributed by atoms with van der Waals surface area (Å²) < 4.78 is 24.6. The highest BCUT2D eigenvalue weighted by atomic mass is 19.1. The van der Waals surface area contributed by atoms with Gasteiger partial charge in [-0.15, -0.1) is 0 Å². The Morgan fingerprint density at radius 2 is 2.07 bits per heavy atom. The van der Waals surface area contributed by atoms with Crippen LogP contribution < -0.4 is 10.1 Å². The summed E-state index contributed by atoms with van der Waals surface area (Å²) in [6.45, 7) is 0.00867. The summed E-state index contributed by atoms with van der Waals surface area (Å²) >= 11 is 0. The minimum absolute atomic E-state index is 0.00398. The van der Waals surface area contributed by atoms with E-state index in [9.17, 15) is 14.0 Å². The number of rotatable bonds is 8. The molecular weight excluding hydrogens is 381 g/mol. The Morgan fingerprint density at radius 3 is 2.72 bits per heavy atom. The first-order chi connectivity index (χ1) is 14.0. The predicted octanol–water partition coefficient (Wildman–Crippen LogP) is 1.47. The highest BCUT2D eigenvalue weighted by molar-refractivity contribution is 6.08. The van der Waals surface area contributed by atoms with Crippen LogP contribution in [-0.4, -0.2) is 53.7 Å². The maximum absolute atomic E-state index is 14.4. The van der Waals surface area contributed by atoms with Gasteiger partial charge in [-0.3, -0.25) is 9.78 Å². The van der Waals surface area contributed by atoms with Gasteiger partial charge in [0.05, 0.1) is 25.8 Å². The van der Waals surface area contributed by atoms with Crippen LogP contribution in [0.15, 0.2) is 54.0 Å². The number of aliphatic hydroxyl groups excluding tert-OH is 1. The number of ether oxygens (including phenoxy) is 2. The third kappa shape index (κ3) is 4.69. The van der Waals surface area contributed by atoms with Crippen molar-refractivity contribution >= 4 is 17.6 Å². The van der Waals surface area contributed by atoms with Gasteiger partial charge in [-0.1, -0.05) is 0 Å². The number of halogens is 1. The van der Waals surface area contributed by atoms with Crippen molar-refractivity contribution in [1.82, 2.24) is 9.88 Å². The summed E-state index contributed by atoms with van der Waals surface area (Å²) in [7, 11) is 1.21. The van der Waals surface area contributed by atoms with Gasteiger partial charge < -0.3 is 24.8 Å². The van der Waals surface area contributed by atoms with E-state index in [0.29, 0.717) is 0 Å². The molecule has 9 heteroatoms. The molecule has 0 radical (unpaired) electrons. The van der Waals surface area contributed by atoms with Crippen molar-refractivity contribution in [2.24, 2.45) is 0 Å². The van der Waals surface area contributed by atoms with E-state index in [-0.39, 0.29) is 49.0 Å². The number of hydrogen-bond acceptors (Lipinski definition) is 7. The van der Waals surface area contributed by atoms with Crippen LogP contribution in [0, 0.1) is 5.82 Å². The number of anilines is 1. The number of carbonyl (C=O) groups excluding carboxylic acids is 2. The molecule has 1 aromatic heterocycles. The topological polar surface area (TPSA) is 101 Å². The third-order valence-corrected chi connectivity index (χ3v) is 4.30. The first-order valence-corrected chi connectivity index (χ1v) is 8.83. The molecule has 0 bridgehead atoms. The zero-order valence-electron chi connectivity index (χ0n) is 15.7. The maximum atomic E-state index is 14.4. The van der Waals surface area contributed by atoms with Crippen molar-refractivity contribution in [3.63, 3.8) is 0 Å². The number of amides is 1. The van der Waals surface area contributed by atoms with Crippen LogP contribution in [0.2, 0.25) is 0 Å². The summed E-state index contributed by atoms with van der Waals surface area (Å²) in [5, 5.41) is 11.9. The molecule has 1 amide bonds. The Hall–Kier alpha value is -3.46. The average molecular weight is 401 g/mol. The van der Waals surface area contributed by atoms with Crippen molar-refractivity contribution in [2.75, 3.05) is 32.1 Å². The van der Waals surface area contributed by atoms with E-state index in [0.717, 1.165) is 5.56 Å². The highest BCUT2D eigenvalue weighted by Crippen LogP contribution is 2.26. The minimum atomic E-state index is -0.668. The molecule has 0 atom stereocenters. The fourth-order valence-electron chi connectivity index (χ4n) is 2.83. The number of methoxy groups -OCH3 is 1. The first-order valence-electron chi connectivity index (χ1n) is 8.83. The van der Waals surface area contributed by atoms with Gasteiger partial charge in [0.15, 0.2) is 11.6 Å². The Bertz CT molecular complexity index is 933. The number of β-amino-alcohol motifs (C(OH)–C–C–N with tert-alkyl or cyclic N) is 1. The number of aliphatic hydroxyl groups is 1. The number of carbonyl (C=O) groups is 2. The molecule has 0 spiro atoms. The lowest BCUT2D eigenvalue weighted by Gasteiger charge is -2.15. The Labute approximate surface area is 166 Å². The molecule has 152 valence electrons. The Kier molecular flexibility index (Phi) is 6.40. The van der Waals surface area contributed by atoms with E-state index >= 15 is 0 Å². The number of benzene rings is 1. The van der Waals surface area contributed by atoms with Gasteiger partial charge in [-0.25, -0.2) is 9.18 Å². The van der Waals surface area contributed by atoms with Crippen LogP contribution in [0.3, 0.4) is 0 Å². The van der Waals surface area contributed by atoms with Crippen molar-refractivity contribution in [1.29, 1.82) is 0 Å². The molecule has 3 rings (SSSR count). The lowest BCUT2D eigenvalue weighted by molar-refractivity contribution is -0.136. The quantitative estimate of drug-likeness (QED) is 0.646. The number of esters is 1. The van der Waals surface area contributed by atoms with Crippen LogP contribution in [0.5, 0.6) is 5.75 Å². The molecule has 1 aliphatic rings. The molecule has 0 saturated heterocycles. The molecule has 2 heterocycles. The zero-order valence-corrected chi connectivity index (χ0v) is 15.7. The Morgan fingerprint density at radius 1 is 1.31 bits per heavy atom. The van der Waals surface area contributed by atoms with Crippen LogP contribution in [0.4, 0.5) is 10.1 Å². The standard InChI is InChI=1S/C20H20FN3O5/c1-28-20(27)15-11-24(8-9-25)19(26)18(15)23-14-2-3-17(16(21)10-14)29-12-13-4-6-22-7-5-13/h2-7,10,23,25H,8-9,11-12H2,1H3. The predicted molar refractivity (Wildman–Crippen MR) is 101 cm³/mol. The monoisotopic (exact) mass is 401 g/mol. The lowest BCUT2D eigenvalue weighted by Crippen LogP contribution is -2.31. The van der Waals surface area contributed by atoms with Crippen molar-refractivity contribution < 1.29 is 28.6 Å². The minimum Gasteiger partial charge on any atom is -0.486 e. The molecule has 0 fully saturated rings. The highest BCUT2D eigenvalue weighted by Gasteiger charge is 2.34. The van der Waals surface area contributed by atoms with Gasteiger partial charge in [-0.05, 0) is 29.8 Å². The molecular formula is C20H20FN3O5. The summed E-state index contributed by atoms with van der Waals surface area (Å²) in [5.41, 5.74) is 1.23. The van der Waals surface area contributed by atoms with Crippen LogP contribution in [0.25, 0.3) is 0 Å². The normalized spacial score (nSPS) is 13.6. The second-order valence-electron chi connectivity index (χ2n) is 6.21. The van der Waals surface area contributed by atoms with Crippen molar-refractivity contribution in [3.8, 4) is 5.75 Å². The van der Waals surface area contributed by atoms with Crippen LogP contribution in [0.1, 0.15) is 5.56 Å². The molecule has 1 aliphatic heterocycles. The molecule has 1 aromatic carbocycles. The number of hydrogen-bond donors (Lipinski definition) is 2.